The third-order valence-electron chi connectivity index (χ3n) is 2.48. The molecule has 13 heavy (non-hydrogen) atoms. The molecule has 0 amide bonds. The van der Waals surface area contributed by atoms with E-state index in [1.807, 2.05) is 0 Å². The molecule has 78 valence electrons. The van der Waals surface area contributed by atoms with Crippen LogP contribution < -0.4 is 0 Å². The van der Waals surface area contributed by atoms with Gasteiger partial charge >= 0.3 is 0 Å². The van der Waals surface area contributed by atoms with Gasteiger partial charge in [0.15, 0.2) is 0 Å². The van der Waals surface area contributed by atoms with Crippen molar-refractivity contribution in [2.75, 3.05) is 26.2 Å². The predicted molar refractivity (Wildman–Crippen MR) is 55.9 cm³/mol. The topological polar surface area (TPSA) is 12.5 Å². The van der Waals surface area contributed by atoms with Crippen LogP contribution in [0.5, 0.6) is 0 Å². The summed E-state index contributed by atoms with van der Waals surface area (Å²) in [6.45, 7) is 11.2. The molecule has 2 nitrogen and oxygen atoms in total. The van der Waals surface area contributed by atoms with Crippen LogP contribution in [0.15, 0.2) is 0 Å². The van der Waals surface area contributed by atoms with E-state index in [0.29, 0.717) is 12.0 Å². The van der Waals surface area contributed by atoms with E-state index >= 15 is 0 Å². The van der Waals surface area contributed by atoms with Gasteiger partial charge in [0, 0.05) is 6.54 Å². The third kappa shape index (κ3) is 4.63. The zero-order chi connectivity index (χ0) is 9.68. The highest BCUT2D eigenvalue weighted by Gasteiger charge is 2.14. The minimum absolute atomic E-state index is 0.376. The van der Waals surface area contributed by atoms with E-state index in [9.17, 15) is 0 Å². The van der Waals surface area contributed by atoms with E-state index in [0.717, 1.165) is 6.61 Å². The highest BCUT2D eigenvalue weighted by atomic mass is 16.5. The van der Waals surface area contributed by atoms with Crippen molar-refractivity contribution in [3.63, 3.8) is 0 Å². The Morgan fingerprint density at radius 3 is 2.31 bits per heavy atom. The number of rotatable bonds is 5. The van der Waals surface area contributed by atoms with Crippen LogP contribution in [0.25, 0.3) is 0 Å². The van der Waals surface area contributed by atoms with Gasteiger partial charge in [0.25, 0.3) is 0 Å². The number of hydrogen-bond acceptors (Lipinski definition) is 2. The van der Waals surface area contributed by atoms with Crippen LogP contribution in [0.4, 0.5) is 0 Å². The molecule has 1 unspecified atom stereocenters. The molecule has 0 bridgehead atoms. The summed E-state index contributed by atoms with van der Waals surface area (Å²) < 4.78 is 5.59. The van der Waals surface area contributed by atoms with Crippen LogP contribution in [0, 0.1) is 5.92 Å². The number of nitrogens with zero attached hydrogens (tertiary/aromatic N) is 1. The Kier molecular flexibility index (Phi) is 4.74. The van der Waals surface area contributed by atoms with Crippen molar-refractivity contribution >= 4 is 0 Å². The van der Waals surface area contributed by atoms with Gasteiger partial charge in [-0.25, -0.2) is 0 Å². The average molecular weight is 185 g/mol. The second-order valence-corrected chi connectivity index (χ2v) is 4.49. The van der Waals surface area contributed by atoms with Gasteiger partial charge in [0.2, 0.25) is 0 Å². The lowest BCUT2D eigenvalue weighted by atomic mass is 10.2. The molecule has 0 aromatic rings. The second-order valence-electron chi connectivity index (χ2n) is 4.49. The van der Waals surface area contributed by atoms with Gasteiger partial charge in [-0.15, -0.1) is 0 Å². The van der Waals surface area contributed by atoms with Crippen molar-refractivity contribution in [1.29, 1.82) is 0 Å². The number of ether oxygens (including phenoxy) is 1. The molecule has 0 aromatic heterocycles. The maximum Gasteiger partial charge on any atom is 0.0519 e. The first-order valence-corrected chi connectivity index (χ1v) is 5.52. The molecule has 0 N–H and O–H groups in total. The number of likely N-dealkylation sites (tertiary alicyclic amines) is 1. The second kappa shape index (κ2) is 5.61. The smallest absolute Gasteiger partial charge is 0.0519 e. The SMILES string of the molecule is CC(COC(C)C)CN1CCCC1. The van der Waals surface area contributed by atoms with Gasteiger partial charge in [0.1, 0.15) is 0 Å². The largest absolute Gasteiger partial charge is 0.378 e. The number of hydrogen-bond donors (Lipinski definition) is 0. The molecular weight excluding hydrogens is 162 g/mol. The van der Waals surface area contributed by atoms with Crippen LogP contribution in [0.3, 0.4) is 0 Å². The van der Waals surface area contributed by atoms with E-state index in [1.165, 1.54) is 32.5 Å². The molecule has 0 aliphatic carbocycles. The summed E-state index contributed by atoms with van der Waals surface area (Å²) >= 11 is 0. The summed E-state index contributed by atoms with van der Waals surface area (Å²) in [5, 5.41) is 0. The Morgan fingerprint density at radius 2 is 1.77 bits per heavy atom. The fourth-order valence-electron chi connectivity index (χ4n) is 1.82. The zero-order valence-corrected chi connectivity index (χ0v) is 9.25. The van der Waals surface area contributed by atoms with E-state index in [-0.39, 0.29) is 0 Å². The Hall–Kier alpha value is -0.0800. The van der Waals surface area contributed by atoms with Gasteiger partial charge in [-0.2, -0.15) is 0 Å². The quantitative estimate of drug-likeness (QED) is 0.650. The van der Waals surface area contributed by atoms with Gasteiger partial charge < -0.3 is 9.64 Å². The molecule has 0 aromatic carbocycles. The lowest BCUT2D eigenvalue weighted by Gasteiger charge is -2.20. The van der Waals surface area contributed by atoms with Gasteiger partial charge in [-0.1, -0.05) is 6.92 Å². The first kappa shape index (κ1) is 11.0. The highest BCUT2D eigenvalue weighted by molar-refractivity contribution is 4.68. The molecule has 1 aliphatic heterocycles. The summed E-state index contributed by atoms with van der Waals surface area (Å²) in [4.78, 5) is 2.55. The lowest BCUT2D eigenvalue weighted by molar-refractivity contribution is 0.0471. The molecule has 1 atom stereocenters. The Balaban J connectivity index is 2.05. The average Bonchev–Trinajstić information content (AvgIpc) is 2.53. The molecule has 1 aliphatic rings. The van der Waals surface area contributed by atoms with Crippen molar-refractivity contribution in [3.05, 3.63) is 0 Å². The van der Waals surface area contributed by atoms with Crippen molar-refractivity contribution in [1.82, 2.24) is 4.90 Å². The minimum Gasteiger partial charge on any atom is -0.378 e. The van der Waals surface area contributed by atoms with Gasteiger partial charge in [-0.3, -0.25) is 0 Å². The molecule has 0 spiro atoms. The molecule has 0 radical (unpaired) electrons. The van der Waals surface area contributed by atoms with Crippen LogP contribution in [-0.4, -0.2) is 37.2 Å². The van der Waals surface area contributed by atoms with E-state index in [1.54, 1.807) is 0 Å². The maximum atomic E-state index is 5.59. The summed E-state index contributed by atoms with van der Waals surface area (Å²) in [7, 11) is 0. The van der Waals surface area contributed by atoms with E-state index in [2.05, 4.69) is 25.7 Å². The van der Waals surface area contributed by atoms with Gasteiger partial charge in [-0.05, 0) is 45.7 Å². The van der Waals surface area contributed by atoms with Crippen molar-refractivity contribution in [2.24, 2.45) is 5.92 Å². The zero-order valence-electron chi connectivity index (χ0n) is 9.25. The predicted octanol–water partition coefficient (Wildman–Crippen LogP) is 2.14. The summed E-state index contributed by atoms with van der Waals surface area (Å²) in [5.74, 6) is 0.681. The summed E-state index contributed by atoms with van der Waals surface area (Å²) in [6, 6.07) is 0. The molecule has 1 rings (SSSR count). The highest BCUT2D eigenvalue weighted by Crippen LogP contribution is 2.10. The Bertz CT molecular complexity index is 130. The fraction of sp³-hybridized carbons (Fsp3) is 1.00. The fourth-order valence-corrected chi connectivity index (χ4v) is 1.82. The molecule has 2 heteroatoms. The maximum absolute atomic E-state index is 5.59. The molecular formula is C11H23NO. The first-order chi connectivity index (χ1) is 6.18. The Labute approximate surface area is 82.3 Å². The van der Waals surface area contributed by atoms with Gasteiger partial charge in [0.05, 0.1) is 12.7 Å². The molecule has 1 heterocycles. The van der Waals surface area contributed by atoms with Crippen molar-refractivity contribution in [2.45, 2.75) is 39.7 Å². The standard InChI is InChI=1S/C11H23NO/c1-10(2)13-9-11(3)8-12-6-4-5-7-12/h10-11H,4-9H2,1-3H3. The van der Waals surface area contributed by atoms with Crippen LogP contribution in [0.1, 0.15) is 33.6 Å². The monoisotopic (exact) mass is 185 g/mol. The Morgan fingerprint density at radius 1 is 1.15 bits per heavy atom. The van der Waals surface area contributed by atoms with E-state index < -0.39 is 0 Å². The van der Waals surface area contributed by atoms with Crippen LogP contribution in [-0.2, 0) is 4.74 Å². The molecule has 1 fully saturated rings. The van der Waals surface area contributed by atoms with E-state index in [4.69, 9.17) is 4.74 Å². The normalized spacial score (nSPS) is 21.2. The van der Waals surface area contributed by atoms with Crippen molar-refractivity contribution in [3.8, 4) is 0 Å². The third-order valence-corrected chi connectivity index (χ3v) is 2.48. The summed E-state index contributed by atoms with van der Waals surface area (Å²) in [6.07, 6.45) is 3.15. The van der Waals surface area contributed by atoms with Crippen LogP contribution in [0.2, 0.25) is 0 Å². The first-order valence-electron chi connectivity index (χ1n) is 5.52. The minimum atomic E-state index is 0.376. The lowest BCUT2D eigenvalue weighted by Crippen LogP contribution is -2.28. The molecule has 1 saturated heterocycles. The van der Waals surface area contributed by atoms with Crippen LogP contribution >= 0.6 is 0 Å². The summed E-state index contributed by atoms with van der Waals surface area (Å²) in [5.41, 5.74) is 0. The van der Waals surface area contributed by atoms with Crippen molar-refractivity contribution < 1.29 is 4.74 Å². The molecule has 0 saturated carbocycles.